The first-order chi connectivity index (χ1) is 11.4. The van der Waals surface area contributed by atoms with Crippen LogP contribution >= 0.6 is 23.2 Å². The summed E-state index contributed by atoms with van der Waals surface area (Å²) in [5, 5.41) is 9.87. The molecule has 0 unspecified atom stereocenters. The van der Waals surface area contributed by atoms with Crippen molar-refractivity contribution >= 4 is 47.0 Å². The van der Waals surface area contributed by atoms with E-state index < -0.39 is 5.97 Å². The van der Waals surface area contributed by atoms with Crippen LogP contribution in [0.25, 0.3) is 17.8 Å². The summed E-state index contributed by atoms with van der Waals surface area (Å²) < 4.78 is 1.19. The van der Waals surface area contributed by atoms with Crippen molar-refractivity contribution in [1.29, 1.82) is 0 Å². The number of benzene rings is 1. The zero-order valence-corrected chi connectivity index (χ0v) is 13.6. The number of aromatic carboxylic acids is 1. The van der Waals surface area contributed by atoms with Gasteiger partial charge in [0.05, 0.1) is 21.3 Å². The molecule has 24 heavy (non-hydrogen) atoms. The van der Waals surface area contributed by atoms with E-state index in [-0.39, 0.29) is 11.1 Å². The normalized spacial score (nSPS) is 11.2. The van der Waals surface area contributed by atoms with Crippen LogP contribution < -0.4 is 5.56 Å². The average Bonchev–Trinajstić information content (AvgIpc) is 2.55. The standard InChI is InChI=1S/C17H10Cl2N2O3/c18-13-5-2-10(7-14(13)19)1-4-12-8-16(22)21-9-11(17(23)24)3-6-15(21)20-12/h1-9H,(H,23,24)/b4-1+. The molecular formula is C17H10Cl2N2O3. The molecule has 0 aliphatic heterocycles. The number of nitrogens with zero attached hydrogens (tertiary/aromatic N) is 2. The molecule has 0 aliphatic carbocycles. The number of aromatic nitrogens is 2. The number of rotatable bonds is 3. The van der Waals surface area contributed by atoms with E-state index in [9.17, 15) is 9.59 Å². The maximum atomic E-state index is 12.1. The Labute approximate surface area is 146 Å². The predicted octanol–water partition coefficient (Wildman–Crippen LogP) is 3.87. The highest BCUT2D eigenvalue weighted by molar-refractivity contribution is 6.42. The second-order valence-corrected chi connectivity index (χ2v) is 5.79. The number of hydrogen-bond acceptors (Lipinski definition) is 3. The number of carboxylic acids is 1. The monoisotopic (exact) mass is 360 g/mol. The molecule has 3 aromatic rings. The Kier molecular flexibility index (Phi) is 4.38. The van der Waals surface area contributed by atoms with Gasteiger partial charge in [0.15, 0.2) is 0 Å². The van der Waals surface area contributed by atoms with E-state index in [0.29, 0.717) is 21.4 Å². The lowest BCUT2D eigenvalue weighted by atomic mass is 10.2. The fourth-order valence-corrected chi connectivity index (χ4v) is 2.44. The Balaban J connectivity index is 2.00. The second-order valence-electron chi connectivity index (χ2n) is 4.98. The molecule has 7 heteroatoms. The van der Waals surface area contributed by atoms with E-state index >= 15 is 0 Å². The van der Waals surface area contributed by atoms with Gasteiger partial charge in [0.1, 0.15) is 5.65 Å². The van der Waals surface area contributed by atoms with Gasteiger partial charge >= 0.3 is 5.97 Å². The highest BCUT2D eigenvalue weighted by atomic mass is 35.5. The molecule has 0 aliphatic rings. The Bertz CT molecular complexity index is 1040. The molecule has 0 saturated carbocycles. The predicted molar refractivity (Wildman–Crippen MR) is 93.8 cm³/mol. The van der Waals surface area contributed by atoms with Gasteiger partial charge < -0.3 is 5.11 Å². The molecule has 0 bridgehead atoms. The molecule has 2 heterocycles. The van der Waals surface area contributed by atoms with Gasteiger partial charge in [-0.3, -0.25) is 9.20 Å². The van der Waals surface area contributed by atoms with Gasteiger partial charge in [-0.25, -0.2) is 9.78 Å². The highest BCUT2D eigenvalue weighted by Crippen LogP contribution is 2.23. The topological polar surface area (TPSA) is 71.7 Å². The first-order valence-electron chi connectivity index (χ1n) is 6.84. The Morgan fingerprint density at radius 1 is 1.08 bits per heavy atom. The molecule has 3 rings (SSSR count). The first-order valence-corrected chi connectivity index (χ1v) is 7.59. The molecule has 2 aromatic heterocycles. The van der Waals surface area contributed by atoms with Crippen molar-refractivity contribution in [1.82, 2.24) is 9.38 Å². The van der Waals surface area contributed by atoms with Crippen LogP contribution in [-0.2, 0) is 0 Å². The number of fused-ring (bicyclic) bond motifs is 1. The molecule has 0 spiro atoms. The summed E-state index contributed by atoms with van der Waals surface area (Å²) in [4.78, 5) is 27.4. The first kappa shape index (κ1) is 16.2. The maximum absolute atomic E-state index is 12.1. The summed E-state index contributed by atoms with van der Waals surface area (Å²) in [6.07, 6.45) is 4.68. The van der Waals surface area contributed by atoms with E-state index in [0.717, 1.165) is 5.56 Å². The Hall–Kier alpha value is -2.63. The number of carboxylic acid groups (broad SMARTS) is 1. The van der Waals surface area contributed by atoms with Gasteiger partial charge in [-0.15, -0.1) is 0 Å². The lowest BCUT2D eigenvalue weighted by Gasteiger charge is -2.03. The van der Waals surface area contributed by atoms with E-state index in [1.807, 2.05) is 0 Å². The maximum Gasteiger partial charge on any atom is 0.337 e. The fraction of sp³-hybridized carbons (Fsp3) is 0. The van der Waals surface area contributed by atoms with Crippen LogP contribution in [0.1, 0.15) is 21.6 Å². The summed E-state index contributed by atoms with van der Waals surface area (Å²) in [5.74, 6) is -1.10. The van der Waals surface area contributed by atoms with Crippen LogP contribution in [0.3, 0.4) is 0 Å². The van der Waals surface area contributed by atoms with Gasteiger partial charge in [-0.1, -0.05) is 35.3 Å². The van der Waals surface area contributed by atoms with Crippen molar-refractivity contribution in [3.05, 3.63) is 79.8 Å². The summed E-state index contributed by atoms with van der Waals surface area (Å²) in [7, 11) is 0. The number of pyridine rings is 1. The van der Waals surface area contributed by atoms with Crippen LogP contribution in [0.5, 0.6) is 0 Å². The number of halogens is 2. The van der Waals surface area contributed by atoms with Crippen LogP contribution in [0.4, 0.5) is 0 Å². The lowest BCUT2D eigenvalue weighted by Crippen LogP contribution is -2.15. The zero-order chi connectivity index (χ0) is 17.3. The minimum absolute atomic E-state index is 0.0190. The zero-order valence-electron chi connectivity index (χ0n) is 12.1. The molecule has 0 atom stereocenters. The minimum atomic E-state index is -1.10. The molecule has 120 valence electrons. The third-order valence-electron chi connectivity index (χ3n) is 3.32. The van der Waals surface area contributed by atoms with Crippen LogP contribution in [0.2, 0.25) is 10.0 Å². The molecule has 0 radical (unpaired) electrons. The van der Waals surface area contributed by atoms with Crippen LogP contribution in [0, 0.1) is 0 Å². The molecule has 5 nitrogen and oxygen atoms in total. The van der Waals surface area contributed by atoms with E-state index in [1.54, 1.807) is 30.4 Å². The van der Waals surface area contributed by atoms with Crippen molar-refractivity contribution in [3.63, 3.8) is 0 Å². The van der Waals surface area contributed by atoms with Gasteiger partial charge in [-0.2, -0.15) is 0 Å². The minimum Gasteiger partial charge on any atom is -0.478 e. The summed E-state index contributed by atoms with van der Waals surface area (Å²) in [6.45, 7) is 0. The van der Waals surface area contributed by atoms with E-state index in [2.05, 4.69) is 4.98 Å². The summed E-state index contributed by atoms with van der Waals surface area (Å²) in [6, 6.07) is 9.38. The Morgan fingerprint density at radius 2 is 1.88 bits per heavy atom. The third kappa shape index (κ3) is 3.32. The quantitative estimate of drug-likeness (QED) is 0.769. The summed E-state index contributed by atoms with van der Waals surface area (Å²) in [5.41, 5.74) is 1.28. The largest absolute Gasteiger partial charge is 0.478 e. The second kappa shape index (κ2) is 6.47. The van der Waals surface area contributed by atoms with Crippen molar-refractivity contribution in [3.8, 4) is 0 Å². The molecule has 0 fully saturated rings. The number of carbonyl (C=O) groups is 1. The Morgan fingerprint density at radius 3 is 2.58 bits per heavy atom. The van der Waals surface area contributed by atoms with E-state index in [4.69, 9.17) is 28.3 Å². The molecule has 1 aromatic carbocycles. The van der Waals surface area contributed by atoms with Crippen molar-refractivity contribution in [2.45, 2.75) is 0 Å². The summed E-state index contributed by atoms with van der Waals surface area (Å²) >= 11 is 11.8. The molecule has 0 amide bonds. The van der Waals surface area contributed by atoms with E-state index in [1.165, 1.54) is 28.8 Å². The SMILES string of the molecule is O=C(O)c1ccc2nc(/C=C/c3ccc(Cl)c(Cl)c3)cc(=O)n2c1. The lowest BCUT2D eigenvalue weighted by molar-refractivity contribution is 0.0696. The van der Waals surface area contributed by atoms with Crippen molar-refractivity contribution < 1.29 is 9.90 Å². The van der Waals surface area contributed by atoms with Gasteiger partial charge in [0, 0.05) is 12.3 Å². The van der Waals surface area contributed by atoms with Crippen molar-refractivity contribution in [2.24, 2.45) is 0 Å². The van der Waals surface area contributed by atoms with Crippen LogP contribution in [0.15, 0.2) is 47.4 Å². The van der Waals surface area contributed by atoms with Gasteiger partial charge in [0.2, 0.25) is 0 Å². The highest BCUT2D eigenvalue weighted by Gasteiger charge is 2.06. The average molecular weight is 361 g/mol. The smallest absolute Gasteiger partial charge is 0.337 e. The molecule has 0 saturated heterocycles. The molecular weight excluding hydrogens is 351 g/mol. The number of hydrogen-bond donors (Lipinski definition) is 1. The van der Waals surface area contributed by atoms with Gasteiger partial charge in [0.25, 0.3) is 5.56 Å². The third-order valence-corrected chi connectivity index (χ3v) is 4.06. The van der Waals surface area contributed by atoms with Gasteiger partial charge in [-0.05, 0) is 35.9 Å². The van der Waals surface area contributed by atoms with Crippen molar-refractivity contribution in [2.75, 3.05) is 0 Å². The fourth-order valence-electron chi connectivity index (χ4n) is 2.13. The van der Waals surface area contributed by atoms with Crippen LogP contribution in [-0.4, -0.2) is 20.5 Å². The molecule has 1 N–H and O–H groups in total.